The quantitative estimate of drug-likeness (QED) is 0.851. The number of rotatable bonds is 7. The number of hydrogen-bond donors (Lipinski definition) is 1. The van der Waals surface area contributed by atoms with Crippen LogP contribution in [0.5, 0.6) is 0 Å². The lowest BCUT2D eigenvalue weighted by Crippen LogP contribution is -2.44. The Morgan fingerprint density at radius 1 is 1.00 bits per heavy atom. The molecule has 0 saturated carbocycles. The van der Waals surface area contributed by atoms with Gasteiger partial charge in [-0.25, -0.2) is 4.79 Å². The van der Waals surface area contributed by atoms with Crippen molar-refractivity contribution in [3.05, 3.63) is 71.3 Å². The van der Waals surface area contributed by atoms with E-state index in [0.29, 0.717) is 6.42 Å². The lowest BCUT2D eigenvalue weighted by molar-refractivity contribution is -0.148. The Balaban J connectivity index is 2.12. The van der Waals surface area contributed by atoms with Crippen LogP contribution in [0.15, 0.2) is 54.6 Å². The third kappa shape index (κ3) is 4.44. The molecule has 2 rings (SSSR count). The maximum absolute atomic E-state index is 12.6. The number of nitrogens with zero attached hydrogens (tertiary/aromatic N) is 1. The summed E-state index contributed by atoms with van der Waals surface area (Å²) in [5.74, 6) is -1.17. The molecule has 24 heavy (non-hydrogen) atoms. The molecule has 0 saturated heterocycles. The van der Waals surface area contributed by atoms with Crippen LogP contribution in [0.25, 0.3) is 0 Å². The van der Waals surface area contributed by atoms with Crippen LogP contribution >= 0.6 is 0 Å². The first-order valence-corrected chi connectivity index (χ1v) is 8.12. The molecule has 2 aromatic rings. The van der Waals surface area contributed by atoms with Crippen molar-refractivity contribution in [3.8, 4) is 0 Å². The van der Waals surface area contributed by atoms with Gasteiger partial charge in [-0.05, 0) is 23.1 Å². The smallest absolute Gasteiger partial charge is 0.326 e. The van der Waals surface area contributed by atoms with Crippen molar-refractivity contribution in [1.29, 1.82) is 0 Å². The Hall–Kier alpha value is -2.62. The molecule has 0 aliphatic rings. The normalized spacial score (nSPS) is 11.8. The predicted molar refractivity (Wildman–Crippen MR) is 93.9 cm³/mol. The minimum atomic E-state index is -0.988. The number of amides is 1. The van der Waals surface area contributed by atoms with Gasteiger partial charge >= 0.3 is 5.97 Å². The Kier molecular flexibility index (Phi) is 6.13. The maximum Gasteiger partial charge on any atom is 0.326 e. The number of hydrogen-bond acceptors (Lipinski definition) is 2. The Labute approximate surface area is 142 Å². The molecule has 126 valence electrons. The molecule has 1 amide bonds. The summed E-state index contributed by atoms with van der Waals surface area (Å²) >= 11 is 0. The summed E-state index contributed by atoms with van der Waals surface area (Å²) in [4.78, 5) is 25.6. The molecule has 1 unspecified atom stereocenters. The number of carboxylic acids is 1. The predicted octanol–water partition coefficient (Wildman–Crippen LogP) is 2.95. The van der Waals surface area contributed by atoms with Crippen molar-refractivity contribution in [1.82, 2.24) is 4.90 Å². The number of aliphatic carboxylic acids is 1. The van der Waals surface area contributed by atoms with E-state index >= 15 is 0 Å². The number of carbonyl (C=O) groups excluding carboxylic acids is 1. The fourth-order valence-electron chi connectivity index (χ4n) is 2.76. The zero-order valence-corrected chi connectivity index (χ0v) is 14.1. The van der Waals surface area contributed by atoms with Crippen LogP contribution in [-0.2, 0) is 28.9 Å². The van der Waals surface area contributed by atoms with Crippen molar-refractivity contribution in [2.24, 2.45) is 0 Å². The maximum atomic E-state index is 12.6. The zero-order valence-electron chi connectivity index (χ0n) is 14.1. The van der Waals surface area contributed by atoms with Crippen LogP contribution in [-0.4, -0.2) is 35.0 Å². The minimum absolute atomic E-state index is 0.181. The first-order chi connectivity index (χ1) is 11.5. The molecule has 0 aliphatic carbocycles. The molecule has 0 spiro atoms. The highest BCUT2D eigenvalue weighted by molar-refractivity contribution is 5.85. The summed E-state index contributed by atoms with van der Waals surface area (Å²) in [7, 11) is 1.57. The SMILES string of the molecule is CCc1ccccc1CC(=O)N(C)C(Cc1ccccc1)C(=O)O. The van der Waals surface area contributed by atoms with Crippen LogP contribution in [0.3, 0.4) is 0 Å². The van der Waals surface area contributed by atoms with Gasteiger partial charge in [0.05, 0.1) is 6.42 Å². The molecular formula is C20H23NO3. The van der Waals surface area contributed by atoms with E-state index in [-0.39, 0.29) is 12.3 Å². The van der Waals surface area contributed by atoms with E-state index in [0.717, 1.165) is 23.1 Å². The van der Waals surface area contributed by atoms with Gasteiger partial charge in [0.15, 0.2) is 0 Å². The summed E-state index contributed by atoms with van der Waals surface area (Å²) in [6.07, 6.45) is 1.37. The second kappa shape index (κ2) is 8.29. The molecule has 0 fully saturated rings. The van der Waals surface area contributed by atoms with Crippen LogP contribution < -0.4 is 0 Å². The number of benzene rings is 2. The van der Waals surface area contributed by atoms with Crippen LogP contribution in [0.4, 0.5) is 0 Å². The van der Waals surface area contributed by atoms with E-state index in [2.05, 4.69) is 0 Å². The van der Waals surface area contributed by atoms with Gasteiger partial charge in [-0.3, -0.25) is 4.79 Å². The second-order valence-corrected chi connectivity index (χ2v) is 5.85. The van der Waals surface area contributed by atoms with E-state index in [1.165, 1.54) is 4.90 Å². The lowest BCUT2D eigenvalue weighted by Gasteiger charge is -2.25. The highest BCUT2D eigenvalue weighted by atomic mass is 16.4. The topological polar surface area (TPSA) is 57.6 Å². The lowest BCUT2D eigenvalue weighted by atomic mass is 10.0. The highest BCUT2D eigenvalue weighted by Gasteiger charge is 2.27. The third-order valence-electron chi connectivity index (χ3n) is 4.26. The molecule has 4 nitrogen and oxygen atoms in total. The van der Waals surface area contributed by atoms with Crippen molar-refractivity contribution < 1.29 is 14.7 Å². The van der Waals surface area contributed by atoms with E-state index in [1.807, 2.05) is 61.5 Å². The van der Waals surface area contributed by atoms with Gasteiger partial charge in [0.1, 0.15) is 6.04 Å². The first kappa shape index (κ1) is 17.7. The summed E-state index contributed by atoms with van der Waals surface area (Å²) in [5, 5.41) is 9.53. The zero-order chi connectivity index (χ0) is 17.5. The highest BCUT2D eigenvalue weighted by Crippen LogP contribution is 2.14. The van der Waals surface area contributed by atoms with Gasteiger partial charge in [-0.2, -0.15) is 0 Å². The standard InChI is InChI=1S/C20H23NO3/c1-3-16-11-7-8-12-17(16)14-19(22)21(2)18(20(23)24)13-15-9-5-4-6-10-15/h4-12,18H,3,13-14H2,1-2H3,(H,23,24). The molecule has 1 N–H and O–H groups in total. The minimum Gasteiger partial charge on any atom is -0.480 e. The second-order valence-electron chi connectivity index (χ2n) is 5.85. The van der Waals surface area contributed by atoms with E-state index < -0.39 is 12.0 Å². The Morgan fingerprint density at radius 2 is 1.58 bits per heavy atom. The van der Waals surface area contributed by atoms with Crippen LogP contribution in [0.2, 0.25) is 0 Å². The number of carboxylic acid groups (broad SMARTS) is 1. The summed E-state index contributed by atoms with van der Waals surface area (Å²) in [6.45, 7) is 2.04. The largest absolute Gasteiger partial charge is 0.480 e. The Morgan fingerprint density at radius 3 is 2.17 bits per heavy atom. The Bertz CT molecular complexity index is 697. The molecule has 2 aromatic carbocycles. The number of aryl methyl sites for hydroxylation is 1. The van der Waals surface area contributed by atoms with Crippen molar-refractivity contribution >= 4 is 11.9 Å². The average Bonchev–Trinajstić information content (AvgIpc) is 2.60. The summed E-state index contributed by atoms with van der Waals surface area (Å²) < 4.78 is 0. The van der Waals surface area contributed by atoms with Crippen LogP contribution in [0.1, 0.15) is 23.6 Å². The summed E-state index contributed by atoms with van der Waals surface area (Å²) in [6, 6.07) is 16.3. The van der Waals surface area contributed by atoms with Crippen molar-refractivity contribution in [2.75, 3.05) is 7.05 Å². The van der Waals surface area contributed by atoms with Crippen molar-refractivity contribution in [3.63, 3.8) is 0 Å². The van der Waals surface area contributed by atoms with E-state index in [9.17, 15) is 14.7 Å². The molecule has 0 aliphatic heterocycles. The van der Waals surface area contributed by atoms with Gasteiger partial charge in [-0.15, -0.1) is 0 Å². The first-order valence-electron chi connectivity index (χ1n) is 8.12. The fourth-order valence-corrected chi connectivity index (χ4v) is 2.76. The molecule has 0 bridgehead atoms. The third-order valence-corrected chi connectivity index (χ3v) is 4.26. The number of likely N-dealkylation sites (N-methyl/N-ethyl adjacent to an activating group) is 1. The van der Waals surface area contributed by atoms with E-state index in [4.69, 9.17) is 0 Å². The van der Waals surface area contributed by atoms with Gasteiger partial charge < -0.3 is 10.0 Å². The van der Waals surface area contributed by atoms with Gasteiger partial charge in [0.25, 0.3) is 0 Å². The molecule has 4 heteroatoms. The van der Waals surface area contributed by atoms with Gasteiger partial charge in [-0.1, -0.05) is 61.5 Å². The summed E-state index contributed by atoms with van der Waals surface area (Å²) in [5.41, 5.74) is 2.98. The molecule has 0 radical (unpaired) electrons. The molecular weight excluding hydrogens is 302 g/mol. The number of carbonyl (C=O) groups is 2. The molecule has 0 aromatic heterocycles. The fraction of sp³-hybridized carbons (Fsp3) is 0.300. The molecule has 1 atom stereocenters. The van der Waals surface area contributed by atoms with Gasteiger partial charge in [0, 0.05) is 13.5 Å². The monoisotopic (exact) mass is 325 g/mol. The van der Waals surface area contributed by atoms with Gasteiger partial charge in [0.2, 0.25) is 5.91 Å². The molecule has 0 heterocycles. The average molecular weight is 325 g/mol. The van der Waals surface area contributed by atoms with Crippen molar-refractivity contribution in [2.45, 2.75) is 32.2 Å². The van der Waals surface area contributed by atoms with Crippen LogP contribution in [0, 0.1) is 0 Å². The van der Waals surface area contributed by atoms with E-state index in [1.54, 1.807) is 7.05 Å².